The SMILES string of the molecule is CCCC(=O)NC(NC(=S)Nc1cc(C(F)(F)F)ccc1Cl)C(Cl)(Cl)Cl. The van der Waals surface area contributed by atoms with Gasteiger partial charge in [0.25, 0.3) is 0 Å². The van der Waals surface area contributed by atoms with Crippen molar-refractivity contribution in [2.24, 2.45) is 0 Å². The standard InChI is InChI=1S/C14H14Cl4F3N3OS/c1-2-3-10(25)23-11(13(16,17)18)24-12(26)22-9-6-7(14(19,20)21)4-5-8(9)15/h4-6,11H,2-3H2,1H3,(H,23,25)(H2,22,24,26). The van der Waals surface area contributed by atoms with Crippen molar-refractivity contribution in [2.75, 3.05) is 5.32 Å². The van der Waals surface area contributed by atoms with E-state index in [0.29, 0.717) is 6.42 Å². The summed E-state index contributed by atoms with van der Waals surface area (Å²) >= 11 is 28.3. The zero-order valence-electron chi connectivity index (χ0n) is 13.2. The van der Waals surface area contributed by atoms with Gasteiger partial charge < -0.3 is 16.0 Å². The molecule has 0 saturated heterocycles. The number of benzene rings is 1. The van der Waals surface area contributed by atoms with Crippen LogP contribution in [-0.4, -0.2) is 21.0 Å². The Morgan fingerprint density at radius 1 is 1.23 bits per heavy atom. The molecule has 4 nitrogen and oxygen atoms in total. The summed E-state index contributed by atoms with van der Waals surface area (Å²) in [5, 5.41) is 7.27. The van der Waals surface area contributed by atoms with Crippen LogP contribution in [-0.2, 0) is 11.0 Å². The van der Waals surface area contributed by atoms with Crippen molar-refractivity contribution in [3.8, 4) is 0 Å². The maximum Gasteiger partial charge on any atom is 0.416 e. The second-order valence-electron chi connectivity index (χ2n) is 5.08. The summed E-state index contributed by atoms with van der Waals surface area (Å²) in [7, 11) is 0. The number of rotatable bonds is 5. The van der Waals surface area contributed by atoms with Crippen LogP contribution < -0.4 is 16.0 Å². The van der Waals surface area contributed by atoms with E-state index in [9.17, 15) is 18.0 Å². The first-order valence-corrected chi connectivity index (χ1v) is 9.07. The molecule has 26 heavy (non-hydrogen) atoms. The Balaban J connectivity index is 2.90. The lowest BCUT2D eigenvalue weighted by molar-refractivity contribution is -0.137. The molecule has 146 valence electrons. The monoisotopic (exact) mass is 469 g/mol. The van der Waals surface area contributed by atoms with E-state index in [4.69, 9.17) is 58.6 Å². The molecule has 0 saturated carbocycles. The van der Waals surface area contributed by atoms with Crippen LogP contribution in [0.2, 0.25) is 5.02 Å². The maximum atomic E-state index is 12.8. The largest absolute Gasteiger partial charge is 0.416 e. The Hall–Kier alpha value is -0.670. The molecule has 0 bridgehead atoms. The van der Waals surface area contributed by atoms with Gasteiger partial charge in [0.1, 0.15) is 6.17 Å². The first-order valence-electron chi connectivity index (χ1n) is 7.15. The van der Waals surface area contributed by atoms with Gasteiger partial charge in [0.15, 0.2) is 5.11 Å². The number of alkyl halides is 6. The normalized spacial score (nSPS) is 13.1. The maximum absolute atomic E-state index is 12.8. The van der Waals surface area contributed by atoms with Crippen molar-refractivity contribution in [3.63, 3.8) is 0 Å². The van der Waals surface area contributed by atoms with Gasteiger partial charge in [-0.2, -0.15) is 13.2 Å². The summed E-state index contributed by atoms with van der Waals surface area (Å²) in [6.45, 7) is 1.79. The fourth-order valence-electron chi connectivity index (χ4n) is 1.75. The zero-order valence-corrected chi connectivity index (χ0v) is 17.0. The van der Waals surface area contributed by atoms with E-state index in [-0.39, 0.29) is 22.2 Å². The quantitative estimate of drug-likeness (QED) is 0.312. The molecule has 0 radical (unpaired) electrons. The van der Waals surface area contributed by atoms with Crippen LogP contribution in [0.1, 0.15) is 25.3 Å². The zero-order chi connectivity index (χ0) is 20.1. The van der Waals surface area contributed by atoms with Crippen LogP contribution in [0.15, 0.2) is 18.2 Å². The molecule has 1 atom stereocenters. The molecular weight excluding hydrogens is 457 g/mol. The minimum absolute atomic E-state index is 0.00241. The van der Waals surface area contributed by atoms with E-state index in [1.54, 1.807) is 6.92 Å². The van der Waals surface area contributed by atoms with Crippen LogP contribution in [0, 0.1) is 0 Å². The van der Waals surface area contributed by atoms with Gasteiger partial charge >= 0.3 is 6.18 Å². The van der Waals surface area contributed by atoms with Gasteiger partial charge in [-0.3, -0.25) is 4.79 Å². The molecule has 1 aromatic carbocycles. The molecule has 0 aromatic heterocycles. The van der Waals surface area contributed by atoms with Crippen LogP contribution in [0.3, 0.4) is 0 Å². The van der Waals surface area contributed by atoms with E-state index >= 15 is 0 Å². The molecule has 12 heteroatoms. The molecule has 3 N–H and O–H groups in total. The highest BCUT2D eigenvalue weighted by Crippen LogP contribution is 2.34. The van der Waals surface area contributed by atoms with E-state index in [1.807, 2.05) is 0 Å². The van der Waals surface area contributed by atoms with Gasteiger partial charge in [0.05, 0.1) is 16.3 Å². The number of carbonyl (C=O) groups excluding carboxylic acids is 1. The van der Waals surface area contributed by atoms with Crippen molar-refractivity contribution in [1.82, 2.24) is 10.6 Å². The third-order valence-electron chi connectivity index (χ3n) is 2.93. The van der Waals surface area contributed by atoms with Gasteiger partial charge in [-0.05, 0) is 36.8 Å². The first-order chi connectivity index (χ1) is 11.8. The summed E-state index contributed by atoms with van der Waals surface area (Å²) in [4.78, 5) is 11.7. The summed E-state index contributed by atoms with van der Waals surface area (Å²) in [5.41, 5.74) is -1.01. The molecule has 0 fully saturated rings. The van der Waals surface area contributed by atoms with Crippen LogP contribution >= 0.6 is 58.6 Å². The molecule has 1 rings (SSSR count). The fraction of sp³-hybridized carbons (Fsp3) is 0.429. The van der Waals surface area contributed by atoms with Gasteiger partial charge in [0.2, 0.25) is 9.70 Å². The lowest BCUT2D eigenvalue weighted by Crippen LogP contribution is -2.56. The van der Waals surface area contributed by atoms with E-state index < -0.39 is 27.6 Å². The summed E-state index contributed by atoms with van der Waals surface area (Å²) in [6, 6.07) is 2.69. The third kappa shape index (κ3) is 7.52. The van der Waals surface area contributed by atoms with Gasteiger partial charge in [-0.25, -0.2) is 0 Å². The summed E-state index contributed by atoms with van der Waals surface area (Å²) in [6.07, 6.45) is -5.00. The van der Waals surface area contributed by atoms with Crippen LogP contribution in [0.5, 0.6) is 0 Å². The summed E-state index contributed by atoms with van der Waals surface area (Å²) in [5.74, 6) is -0.392. The summed E-state index contributed by atoms with van der Waals surface area (Å²) < 4.78 is 36.4. The molecule has 1 amide bonds. The number of nitrogens with one attached hydrogen (secondary N) is 3. The van der Waals surface area contributed by atoms with Crippen LogP contribution in [0.25, 0.3) is 0 Å². The molecule has 1 unspecified atom stereocenters. The molecular formula is C14H14Cl4F3N3OS. The second-order valence-corrected chi connectivity index (χ2v) is 8.27. The lowest BCUT2D eigenvalue weighted by atomic mass is 10.2. The number of anilines is 1. The second kappa shape index (κ2) is 9.50. The molecule has 0 aliphatic rings. The van der Waals surface area contributed by atoms with Crippen molar-refractivity contribution >= 4 is 75.3 Å². The highest BCUT2D eigenvalue weighted by Gasteiger charge is 2.35. The Morgan fingerprint density at radius 3 is 2.35 bits per heavy atom. The fourth-order valence-corrected chi connectivity index (χ4v) is 2.47. The number of hydrogen-bond donors (Lipinski definition) is 3. The highest BCUT2D eigenvalue weighted by atomic mass is 35.6. The van der Waals surface area contributed by atoms with E-state index in [0.717, 1.165) is 18.2 Å². The van der Waals surface area contributed by atoms with Gasteiger partial charge in [-0.15, -0.1) is 0 Å². The molecule has 0 heterocycles. The third-order valence-corrected chi connectivity index (χ3v) is 4.13. The van der Waals surface area contributed by atoms with Gasteiger partial charge in [-0.1, -0.05) is 53.3 Å². The van der Waals surface area contributed by atoms with E-state index in [2.05, 4.69) is 16.0 Å². The molecule has 0 spiro atoms. The van der Waals surface area contributed by atoms with Crippen molar-refractivity contribution in [2.45, 2.75) is 35.9 Å². The number of carbonyl (C=O) groups is 1. The average Bonchev–Trinajstić information content (AvgIpc) is 2.47. The average molecular weight is 471 g/mol. The van der Waals surface area contributed by atoms with Crippen molar-refractivity contribution in [1.29, 1.82) is 0 Å². The smallest absolute Gasteiger partial charge is 0.339 e. The Bertz CT molecular complexity index is 668. The molecule has 0 aliphatic heterocycles. The predicted octanol–water partition coefficient (Wildman–Crippen LogP) is 5.26. The minimum Gasteiger partial charge on any atom is -0.339 e. The molecule has 0 aliphatic carbocycles. The van der Waals surface area contributed by atoms with Crippen LogP contribution in [0.4, 0.5) is 18.9 Å². The first kappa shape index (κ1) is 23.4. The van der Waals surface area contributed by atoms with Crippen molar-refractivity contribution < 1.29 is 18.0 Å². The van der Waals surface area contributed by atoms with Gasteiger partial charge in [0, 0.05) is 6.42 Å². The number of hydrogen-bond acceptors (Lipinski definition) is 2. The topological polar surface area (TPSA) is 53.2 Å². The van der Waals surface area contributed by atoms with E-state index in [1.165, 1.54) is 0 Å². The minimum atomic E-state index is -4.55. The molecule has 1 aromatic rings. The predicted molar refractivity (Wildman–Crippen MR) is 103 cm³/mol. The number of thiocarbonyl (C=S) groups is 1. The Morgan fingerprint density at radius 2 is 1.85 bits per heavy atom. The van der Waals surface area contributed by atoms with Crippen molar-refractivity contribution in [3.05, 3.63) is 28.8 Å². The Labute approximate surface area is 173 Å². The Kier molecular flexibility index (Phi) is 8.54. The highest BCUT2D eigenvalue weighted by molar-refractivity contribution is 7.80. The number of halogens is 7. The lowest BCUT2D eigenvalue weighted by Gasteiger charge is -2.28. The number of amides is 1.